The average molecular weight is 336 g/mol. The zero-order valence-corrected chi connectivity index (χ0v) is 15.7. The highest BCUT2D eigenvalue weighted by molar-refractivity contribution is 5.86. The van der Waals surface area contributed by atoms with Gasteiger partial charge in [-0.2, -0.15) is 5.10 Å². The quantitative estimate of drug-likeness (QED) is 0.545. The zero-order chi connectivity index (χ0) is 17.9. The molecule has 0 fully saturated rings. The maximum Gasteiger partial charge on any atom is 0.242 e. The van der Waals surface area contributed by atoms with Gasteiger partial charge in [0, 0.05) is 52.2 Å². The smallest absolute Gasteiger partial charge is 0.242 e. The van der Waals surface area contributed by atoms with Gasteiger partial charge in [-0.25, -0.2) is 0 Å². The highest BCUT2D eigenvalue weighted by atomic mass is 16.2. The molecule has 0 aliphatic carbocycles. The molecule has 1 unspecified atom stereocenters. The maximum absolute atomic E-state index is 12.3. The first-order valence-corrected chi connectivity index (χ1v) is 8.76. The number of hydrogen-bond donors (Lipinski definition) is 1. The average Bonchev–Trinajstić information content (AvgIpc) is 3.05. The summed E-state index contributed by atoms with van der Waals surface area (Å²) in [4.78, 5) is 20.7. The van der Waals surface area contributed by atoms with E-state index in [2.05, 4.69) is 22.3 Å². The van der Waals surface area contributed by atoms with Crippen molar-refractivity contribution < 1.29 is 4.79 Å². The van der Waals surface area contributed by atoms with Crippen molar-refractivity contribution in [2.24, 2.45) is 10.9 Å². The second-order valence-corrected chi connectivity index (χ2v) is 5.95. The van der Waals surface area contributed by atoms with E-state index in [9.17, 15) is 4.79 Å². The van der Waals surface area contributed by atoms with Crippen molar-refractivity contribution >= 4 is 11.9 Å². The van der Waals surface area contributed by atoms with Crippen molar-refractivity contribution in [1.29, 1.82) is 0 Å². The Bertz CT molecular complexity index is 495. The van der Waals surface area contributed by atoms with Gasteiger partial charge in [0.05, 0.1) is 6.54 Å². The molecule has 1 N–H and O–H groups in total. The van der Waals surface area contributed by atoms with Crippen LogP contribution in [0.2, 0.25) is 0 Å². The van der Waals surface area contributed by atoms with Gasteiger partial charge < -0.3 is 15.1 Å². The summed E-state index contributed by atoms with van der Waals surface area (Å²) in [6.07, 6.45) is 3.74. The number of nitrogens with zero attached hydrogens (tertiary/aromatic N) is 5. The second kappa shape index (κ2) is 10.7. The standard InChI is InChI=1S/C17H32N6O/c1-6-18-17(21(5)14-16(24)22(7-2)8-3)19-12-15(4)13-23-11-9-10-20-23/h9-11,15H,6-8,12-14H2,1-5H3,(H,18,19). The lowest BCUT2D eigenvalue weighted by molar-refractivity contribution is -0.131. The number of aromatic nitrogens is 2. The van der Waals surface area contributed by atoms with Crippen LogP contribution in [-0.4, -0.2) is 71.2 Å². The fourth-order valence-electron chi connectivity index (χ4n) is 2.45. The van der Waals surface area contributed by atoms with Crippen LogP contribution in [0.5, 0.6) is 0 Å². The van der Waals surface area contributed by atoms with Gasteiger partial charge in [0.25, 0.3) is 0 Å². The monoisotopic (exact) mass is 336 g/mol. The summed E-state index contributed by atoms with van der Waals surface area (Å²) in [5.41, 5.74) is 0. The molecular formula is C17H32N6O. The number of hydrogen-bond acceptors (Lipinski definition) is 3. The number of likely N-dealkylation sites (N-methyl/N-ethyl adjacent to an activating group) is 2. The topological polar surface area (TPSA) is 65.8 Å². The molecule has 0 aliphatic heterocycles. The van der Waals surface area contributed by atoms with Crippen molar-refractivity contribution in [3.05, 3.63) is 18.5 Å². The minimum Gasteiger partial charge on any atom is -0.357 e. The van der Waals surface area contributed by atoms with Gasteiger partial charge >= 0.3 is 0 Å². The molecule has 0 spiro atoms. The van der Waals surface area contributed by atoms with Crippen LogP contribution in [-0.2, 0) is 11.3 Å². The highest BCUT2D eigenvalue weighted by Gasteiger charge is 2.15. The highest BCUT2D eigenvalue weighted by Crippen LogP contribution is 2.01. The molecular weight excluding hydrogens is 304 g/mol. The molecule has 0 radical (unpaired) electrons. The van der Waals surface area contributed by atoms with Gasteiger partial charge in [0.1, 0.15) is 0 Å². The van der Waals surface area contributed by atoms with E-state index in [1.165, 1.54) is 0 Å². The predicted molar refractivity (Wildman–Crippen MR) is 97.9 cm³/mol. The van der Waals surface area contributed by atoms with Gasteiger partial charge in [0.15, 0.2) is 5.96 Å². The van der Waals surface area contributed by atoms with E-state index in [0.29, 0.717) is 19.0 Å². The van der Waals surface area contributed by atoms with Crippen LogP contribution in [0.4, 0.5) is 0 Å². The summed E-state index contributed by atoms with van der Waals surface area (Å²) < 4.78 is 1.92. The Kier molecular flexibility index (Phi) is 8.89. The Balaban J connectivity index is 2.61. The lowest BCUT2D eigenvalue weighted by Crippen LogP contribution is -2.45. The maximum atomic E-state index is 12.3. The minimum atomic E-state index is 0.123. The molecule has 24 heavy (non-hydrogen) atoms. The second-order valence-electron chi connectivity index (χ2n) is 5.95. The molecule has 0 aliphatic rings. The summed E-state index contributed by atoms with van der Waals surface area (Å²) in [7, 11) is 1.90. The first-order valence-electron chi connectivity index (χ1n) is 8.76. The number of amides is 1. The number of nitrogens with one attached hydrogen (secondary N) is 1. The van der Waals surface area contributed by atoms with Crippen LogP contribution in [0.1, 0.15) is 27.7 Å². The van der Waals surface area contributed by atoms with Crippen LogP contribution < -0.4 is 5.32 Å². The molecule has 7 nitrogen and oxygen atoms in total. The Hall–Kier alpha value is -2.05. The number of carbonyl (C=O) groups is 1. The largest absolute Gasteiger partial charge is 0.357 e. The van der Waals surface area contributed by atoms with Crippen molar-refractivity contribution in [3.63, 3.8) is 0 Å². The third-order valence-electron chi connectivity index (χ3n) is 3.80. The molecule has 1 amide bonds. The van der Waals surface area contributed by atoms with Crippen molar-refractivity contribution in [2.75, 3.05) is 39.8 Å². The van der Waals surface area contributed by atoms with Gasteiger partial charge in [-0.1, -0.05) is 6.92 Å². The Labute approximate surface area is 145 Å². The molecule has 1 rings (SSSR count). The first kappa shape index (κ1) is 20.0. The number of rotatable bonds is 9. The summed E-state index contributed by atoms with van der Waals surface area (Å²) >= 11 is 0. The van der Waals surface area contributed by atoms with Crippen molar-refractivity contribution in [3.8, 4) is 0 Å². The molecule has 0 aromatic carbocycles. The lowest BCUT2D eigenvalue weighted by atomic mass is 10.2. The van der Waals surface area contributed by atoms with Crippen LogP contribution >= 0.6 is 0 Å². The summed E-state index contributed by atoms with van der Waals surface area (Å²) in [6.45, 7) is 12.3. The molecule has 0 saturated heterocycles. The lowest BCUT2D eigenvalue weighted by Gasteiger charge is -2.26. The van der Waals surface area contributed by atoms with Crippen molar-refractivity contribution in [2.45, 2.75) is 34.2 Å². The molecule has 1 aromatic heterocycles. The molecule has 136 valence electrons. The minimum absolute atomic E-state index is 0.123. The number of carbonyl (C=O) groups excluding carboxylic acids is 1. The molecule has 0 bridgehead atoms. The predicted octanol–water partition coefficient (Wildman–Crippen LogP) is 1.28. The van der Waals surface area contributed by atoms with E-state index < -0.39 is 0 Å². The Morgan fingerprint density at radius 3 is 2.58 bits per heavy atom. The van der Waals surface area contributed by atoms with E-state index in [1.54, 1.807) is 6.20 Å². The van der Waals surface area contributed by atoms with E-state index in [1.807, 2.05) is 54.6 Å². The molecule has 0 saturated carbocycles. The number of guanidine groups is 1. The molecule has 1 aromatic rings. The third-order valence-corrected chi connectivity index (χ3v) is 3.80. The van der Waals surface area contributed by atoms with Crippen molar-refractivity contribution in [1.82, 2.24) is 24.9 Å². The normalized spacial score (nSPS) is 12.8. The van der Waals surface area contributed by atoms with Gasteiger partial charge in [0.2, 0.25) is 5.91 Å². The van der Waals surface area contributed by atoms with E-state index in [4.69, 9.17) is 0 Å². The third kappa shape index (κ3) is 6.60. The SMILES string of the molecule is CCNC(=NCC(C)Cn1cccn1)N(C)CC(=O)N(CC)CC. The van der Waals surface area contributed by atoms with Gasteiger partial charge in [-0.3, -0.25) is 14.5 Å². The van der Waals surface area contributed by atoms with Crippen LogP contribution in [0.25, 0.3) is 0 Å². The summed E-state index contributed by atoms with van der Waals surface area (Å²) in [6, 6.07) is 1.92. The summed E-state index contributed by atoms with van der Waals surface area (Å²) in [5, 5.41) is 7.48. The van der Waals surface area contributed by atoms with Gasteiger partial charge in [-0.05, 0) is 32.8 Å². The molecule has 1 heterocycles. The molecule has 1 atom stereocenters. The zero-order valence-electron chi connectivity index (χ0n) is 15.7. The van der Waals surface area contributed by atoms with Gasteiger partial charge in [-0.15, -0.1) is 0 Å². The van der Waals surface area contributed by atoms with E-state index >= 15 is 0 Å². The first-order chi connectivity index (χ1) is 11.5. The fourth-order valence-corrected chi connectivity index (χ4v) is 2.45. The fraction of sp³-hybridized carbons (Fsp3) is 0.706. The van der Waals surface area contributed by atoms with Crippen LogP contribution in [0, 0.1) is 5.92 Å². The van der Waals surface area contributed by atoms with Crippen LogP contribution in [0.15, 0.2) is 23.5 Å². The molecule has 7 heteroatoms. The number of aliphatic imine (C=N–C) groups is 1. The Morgan fingerprint density at radius 2 is 2.04 bits per heavy atom. The Morgan fingerprint density at radius 1 is 1.33 bits per heavy atom. The van der Waals surface area contributed by atoms with E-state index in [-0.39, 0.29) is 5.91 Å². The van der Waals surface area contributed by atoms with Crippen LogP contribution in [0.3, 0.4) is 0 Å². The summed E-state index contributed by atoms with van der Waals surface area (Å²) in [5.74, 6) is 1.26. The van der Waals surface area contributed by atoms with E-state index in [0.717, 1.165) is 32.1 Å².